The standard InChI is InChI=1S/C8H11NO5S2/c10-7(3-15-4-8(11)12)9-6-1-2-16(13,14)5-6/h1-2,6H,3-5H2,(H,9,10)(H,11,12). The van der Waals surface area contributed by atoms with Gasteiger partial charge >= 0.3 is 5.97 Å². The Morgan fingerprint density at radius 2 is 2.12 bits per heavy atom. The van der Waals surface area contributed by atoms with Crippen LogP contribution in [-0.4, -0.2) is 48.7 Å². The van der Waals surface area contributed by atoms with Crippen LogP contribution in [0.2, 0.25) is 0 Å². The highest BCUT2D eigenvalue weighted by atomic mass is 32.2. The molecule has 90 valence electrons. The fraction of sp³-hybridized carbons (Fsp3) is 0.500. The van der Waals surface area contributed by atoms with Crippen LogP contribution < -0.4 is 5.32 Å². The van der Waals surface area contributed by atoms with Crippen molar-refractivity contribution in [3.8, 4) is 0 Å². The van der Waals surface area contributed by atoms with Gasteiger partial charge in [-0.25, -0.2) is 8.42 Å². The second kappa shape index (κ2) is 5.35. The van der Waals surface area contributed by atoms with E-state index in [0.29, 0.717) is 0 Å². The lowest BCUT2D eigenvalue weighted by Gasteiger charge is -2.08. The number of amides is 1. The van der Waals surface area contributed by atoms with Crippen molar-refractivity contribution in [1.29, 1.82) is 0 Å². The number of rotatable bonds is 5. The van der Waals surface area contributed by atoms with Crippen LogP contribution >= 0.6 is 11.8 Å². The number of aliphatic carboxylic acids is 1. The first-order valence-electron chi connectivity index (χ1n) is 4.39. The molecular formula is C8H11NO5S2. The van der Waals surface area contributed by atoms with Crippen molar-refractivity contribution in [3.63, 3.8) is 0 Å². The molecule has 0 aromatic carbocycles. The molecule has 2 N–H and O–H groups in total. The number of nitrogens with one attached hydrogen (secondary N) is 1. The van der Waals surface area contributed by atoms with Gasteiger partial charge in [0.25, 0.3) is 0 Å². The molecule has 16 heavy (non-hydrogen) atoms. The predicted molar refractivity (Wildman–Crippen MR) is 59.8 cm³/mol. The smallest absolute Gasteiger partial charge is 0.313 e. The highest BCUT2D eigenvalue weighted by molar-refractivity contribution is 8.00. The zero-order valence-corrected chi connectivity index (χ0v) is 9.88. The second-order valence-electron chi connectivity index (χ2n) is 3.22. The first-order chi connectivity index (χ1) is 7.39. The lowest BCUT2D eigenvalue weighted by molar-refractivity contribution is -0.133. The van der Waals surface area contributed by atoms with E-state index in [1.54, 1.807) is 0 Å². The average molecular weight is 265 g/mol. The molecule has 1 aliphatic heterocycles. The number of thioether (sulfide) groups is 1. The summed E-state index contributed by atoms with van der Waals surface area (Å²) < 4.78 is 22.0. The Labute approximate surface area is 97.0 Å². The van der Waals surface area contributed by atoms with E-state index < -0.39 is 21.8 Å². The first kappa shape index (κ1) is 13.0. The van der Waals surface area contributed by atoms with Crippen LogP contribution in [-0.2, 0) is 19.4 Å². The molecule has 1 atom stereocenters. The number of hydrogen-bond donors (Lipinski definition) is 2. The highest BCUT2D eigenvalue weighted by Crippen LogP contribution is 2.08. The van der Waals surface area contributed by atoms with Crippen molar-refractivity contribution in [3.05, 3.63) is 11.5 Å². The fourth-order valence-corrected chi connectivity index (χ4v) is 2.93. The zero-order valence-electron chi connectivity index (χ0n) is 8.25. The third-order valence-electron chi connectivity index (χ3n) is 1.74. The average Bonchev–Trinajstić information content (AvgIpc) is 2.44. The van der Waals surface area contributed by atoms with Gasteiger partial charge in [0.1, 0.15) is 0 Å². The van der Waals surface area contributed by atoms with Crippen LogP contribution in [0.1, 0.15) is 0 Å². The van der Waals surface area contributed by atoms with E-state index in [2.05, 4.69) is 5.32 Å². The molecule has 0 aromatic heterocycles. The highest BCUT2D eigenvalue weighted by Gasteiger charge is 2.22. The van der Waals surface area contributed by atoms with Gasteiger partial charge in [-0.15, -0.1) is 11.8 Å². The van der Waals surface area contributed by atoms with Gasteiger partial charge in [0, 0.05) is 5.41 Å². The minimum Gasteiger partial charge on any atom is -0.481 e. The topological polar surface area (TPSA) is 101 Å². The molecule has 0 bridgehead atoms. The van der Waals surface area contributed by atoms with Gasteiger partial charge in [-0.1, -0.05) is 0 Å². The van der Waals surface area contributed by atoms with Crippen LogP contribution in [0, 0.1) is 0 Å². The maximum absolute atomic E-state index is 11.2. The largest absolute Gasteiger partial charge is 0.481 e. The van der Waals surface area contributed by atoms with E-state index in [0.717, 1.165) is 17.2 Å². The van der Waals surface area contributed by atoms with Gasteiger partial charge in [0.2, 0.25) is 5.91 Å². The Hall–Kier alpha value is -1.02. The molecule has 0 saturated heterocycles. The van der Waals surface area contributed by atoms with E-state index in [1.165, 1.54) is 6.08 Å². The number of carboxylic acids is 1. The van der Waals surface area contributed by atoms with Gasteiger partial charge in [-0.05, 0) is 6.08 Å². The van der Waals surface area contributed by atoms with Gasteiger partial charge in [-0.3, -0.25) is 9.59 Å². The van der Waals surface area contributed by atoms with E-state index in [9.17, 15) is 18.0 Å². The Balaban J connectivity index is 2.26. The summed E-state index contributed by atoms with van der Waals surface area (Å²) in [5, 5.41) is 11.9. The Morgan fingerprint density at radius 3 is 2.62 bits per heavy atom. The first-order valence-corrected chi connectivity index (χ1v) is 7.26. The van der Waals surface area contributed by atoms with Gasteiger partial charge in [-0.2, -0.15) is 0 Å². The van der Waals surface area contributed by atoms with E-state index in [-0.39, 0.29) is 23.2 Å². The van der Waals surface area contributed by atoms with Gasteiger partial charge in [0.05, 0.1) is 23.3 Å². The quantitative estimate of drug-likeness (QED) is 0.677. The van der Waals surface area contributed by atoms with Gasteiger partial charge < -0.3 is 10.4 Å². The number of sulfone groups is 1. The lowest BCUT2D eigenvalue weighted by Crippen LogP contribution is -2.36. The molecule has 0 radical (unpaired) electrons. The van der Waals surface area contributed by atoms with E-state index >= 15 is 0 Å². The molecule has 1 aliphatic rings. The summed E-state index contributed by atoms with van der Waals surface area (Å²) >= 11 is 0.968. The molecule has 6 nitrogen and oxygen atoms in total. The van der Waals surface area contributed by atoms with Crippen molar-refractivity contribution < 1.29 is 23.1 Å². The minimum absolute atomic E-state index is 0.0106. The number of hydrogen-bond acceptors (Lipinski definition) is 5. The molecule has 0 spiro atoms. The van der Waals surface area contributed by atoms with E-state index in [1.807, 2.05) is 0 Å². The Bertz CT molecular complexity index is 414. The van der Waals surface area contributed by atoms with Crippen LogP contribution in [0.4, 0.5) is 0 Å². The third kappa shape index (κ3) is 4.67. The molecule has 0 fully saturated rings. The van der Waals surface area contributed by atoms with Crippen LogP contribution in [0.3, 0.4) is 0 Å². The maximum atomic E-state index is 11.2. The number of carbonyl (C=O) groups excluding carboxylic acids is 1. The molecule has 1 amide bonds. The SMILES string of the molecule is O=C(O)CSCC(=O)NC1C=CS(=O)(=O)C1. The van der Waals surface area contributed by atoms with Crippen LogP contribution in [0.5, 0.6) is 0 Å². The molecule has 8 heteroatoms. The molecule has 1 unspecified atom stereocenters. The molecule has 1 rings (SSSR count). The second-order valence-corrected chi connectivity index (χ2v) is 6.14. The van der Waals surface area contributed by atoms with Crippen molar-refractivity contribution in [2.24, 2.45) is 0 Å². The fourth-order valence-electron chi connectivity index (χ4n) is 1.15. The maximum Gasteiger partial charge on any atom is 0.313 e. The van der Waals surface area contributed by atoms with Gasteiger partial charge in [0.15, 0.2) is 9.84 Å². The number of carbonyl (C=O) groups is 2. The van der Waals surface area contributed by atoms with Crippen molar-refractivity contribution in [1.82, 2.24) is 5.32 Å². The molecule has 0 saturated carbocycles. The van der Waals surface area contributed by atoms with Crippen molar-refractivity contribution in [2.75, 3.05) is 17.3 Å². The molecule has 0 aliphatic carbocycles. The Morgan fingerprint density at radius 1 is 1.44 bits per heavy atom. The summed E-state index contributed by atoms with van der Waals surface area (Å²) in [4.78, 5) is 21.4. The summed E-state index contributed by atoms with van der Waals surface area (Å²) in [5.41, 5.74) is 0. The predicted octanol–water partition coefficient (Wildman–Crippen LogP) is -0.769. The van der Waals surface area contributed by atoms with Crippen molar-refractivity contribution >= 4 is 33.5 Å². The molecule has 0 aromatic rings. The van der Waals surface area contributed by atoms with Crippen molar-refractivity contribution in [2.45, 2.75) is 6.04 Å². The minimum atomic E-state index is -3.17. The van der Waals surface area contributed by atoms with Crippen LogP contribution in [0.15, 0.2) is 11.5 Å². The normalized spacial score (nSPS) is 21.9. The Kier molecular flexibility index (Phi) is 4.36. The summed E-state index contributed by atoms with van der Waals surface area (Å²) in [7, 11) is -3.17. The monoisotopic (exact) mass is 265 g/mol. The summed E-state index contributed by atoms with van der Waals surface area (Å²) in [6.07, 6.45) is 1.41. The van der Waals surface area contributed by atoms with E-state index in [4.69, 9.17) is 5.11 Å². The van der Waals surface area contributed by atoms with Crippen LogP contribution in [0.25, 0.3) is 0 Å². The summed E-state index contributed by atoms with van der Waals surface area (Å²) in [6.45, 7) is 0. The molecular weight excluding hydrogens is 254 g/mol. The molecule has 1 heterocycles. The zero-order chi connectivity index (χ0) is 12.2. The summed E-state index contributed by atoms with van der Waals surface area (Å²) in [6, 6.07) is -0.497. The lowest BCUT2D eigenvalue weighted by atomic mass is 10.3. The number of carboxylic acid groups (broad SMARTS) is 1. The third-order valence-corrected chi connectivity index (χ3v) is 4.05. The summed E-state index contributed by atoms with van der Waals surface area (Å²) in [5.74, 6) is -1.61.